The van der Waals surface area contributed by atoms with E-state index in [2.05, 4.69) is 15.2 Å². The molecule has 0 atom stereocenters. The van der Waals surface area contributed by atoms with Crippen LogP contribution in [0.5, 0.6) is 0 Å². The predicted molar refractivity (Wildman–Crippen MR) is 73.7 cm³/mol. The first-order valence-electron chi connectivity index (χ1n) is 6.53. The van der Waals surface area contributed by atoms with Crippen molar-refractivity contribution in [1.82, 2.24) is 24.4 Å². The van der Waals surface area contributed by atoms with E-state index in [9.17, 15) is 4.79 Å². The molecule has 3 rings (SSSR count). The molecule has 0 bridgehead atoms. The Labute approximate surface area is 116 Å². The predicted octanol–water partition coefficient (Wildman–Crippen LogP) is 1.68. The number of carbonyl (C=O) groups excluding carboxylic acids is 1. The van der Waals surface area contributed by atoms with Crippen LogP contribution in [0.25, 0.3) is 5.52 Å². The number of aryl methyl sites for hydroxylation is 2. The molecule has 0 aliphatic carbocycles. The van der Waals surface area contributed by atoms with Crippen LogP contribution in [0.2, 0.25) is 0 Å². The van der Waals surface area contributed by atoms with Crippen LogP contribution in [0.15, 0.2) is 30.9 Å². The first-order valence-corrected chi connectivity index (χ1v) is 6.53. The van der Waals surface area contributed by atoms with Crippen molar-refractivity contribution < 1.29 is 4.79 Å². The summed E-state index contributed by atoms with van der Waals surface area (Å²) in [6, 6.07) is 1.95. The second-order valence-corrected chi connectivity index (χ2v) is 4.66. The molecule has 0 radical (unpaired) electrons. The summed E-state index contributed by atoms with van der Waals surface area (Å²) in [5.41, 5.74) is 3.19. The Morgan fingerprint density at radius 2 is 2.20 bits per heavy atom. The molecule has 6 heteroatoms. The average Bonchev–Trinajstić information content (AvgIpc) is 3.02. The van der Waals surface area contributed by atoms with E-state index in [-0.39, 0.29) is 5.78 Å². The van der Waals surface area contributed by atoms with Gasteiger partial charge in [0.1, 0.15) is 0 Å². The van der Waals surface area contributed by atoms with Crippen molar-refractivity contribution in [2.45, 2.75) is 26.8 Å². The number of nitrogens with zero attached hydrogens (tertiary/aromatic N) is 5. The third-order valence-electron chi connectivity index (χ3n) is 3.25. The van der Waals surface area contributed by atoms with Crippen LogP contribution in [-0.2, 0) is 13.0 Å². The van der Waals surface area contributed by atoms with E-state index < -0.39 is 0 Å². The summed E-state index contributed by atoms with van der Waals surface area (Å²) in [6.45, 7) is 4.70. The molecule has 0 saturated heterocycles. The zero-order chi connectivity index (χ0) is 14.1. The lowest BCUT2D eigenvalue weighted by Crippen LogP contribution is -2.09. The van der Waals surface area contributed by atoms with Gasteiger partial charge in [-0.25, -0.2) is 4.52 Å². The fourth-order valence-electron chi connectivity index (χ4n) is 2.32. The van der Waals surface area contributed by atoms with Gasteiger partial charge in [0.2, 0.25) is 0 Å². The normalized spacial score (nSPS) is 11.1. The Morgan fingerprint density at radius 1 is 1.35 bits per heavy atom. The maximum Gasteiger partial charge on any atom is 0.172 e. The summed E-state index contributed by atoms with van der Waals surface area (Å²) >= 11 is 0. The summed E-state index contributed by atoms with van der Waals surface area (Å²) in [5, 5.41) is 8.52. The van der Waals surface area contributed by atoms with Crippen molar-refractivity contribution in [1.29, 1.82) is 0 Å². The Balaban J connectivity index is 1.93. The van der Waals surface area contributed by atoms with Gasteiger partial charge in [-0.05, 0) is 19.9 Å². The molecule has 0 aliphatic heterocycles. The lowest BCUT2D eigenvalue weighted by molar-refractivity contribution is 0.0992. The number of aromatic nitrogens is 5. The maximum absolute atomic E-state index is 12.4. The average molecular weight is 269 g/mol. The molecule has 0 aliphatic rings. The van der Waals surface area contributed by atoms with Crippen molar-refractivity contribution in [3.05, 3.63) is 47.8 Å². The van der Waals surface area contributed by atoms with Crippen molar-refractivity contribution in [3.8, 4) is 0 Å². The van der Waals surface area contributed by atoms with Crippen LogP contribution in [0, 0.1) is 6.92 Å². The number of hydrogen-bond donors (Lipinski definition) is 0. The summed E-state index contributed by atoms with van der Waals surface area (Å²) in [7, 11) is 0. The van der Waals surface area contributed by atoms with Gasteiger partial charge in [-0.3, -0.25) is 14.5 Å². The van der Waals surface area contributed by atoms with Crippen LogP contribution in [0.4, 0.5) is 0 Å². The Hall–Kier alpha value is -2.50. The van der Waals surface area contributed by atoms with Gasteiger partial charge in [0.25, 0.3) is 0 Å². The van der Waals surface area contributed by atoms with Gasteiger partial charge in [0.05, 0.1) is 35.6 Å². The molecule has 3 aromatic rings. The van der Waals surface area contributed by atoms with E-state index in [1.165, 1.54) is 0 Å². The maximum atomic E-state index is 12.4. The highest BCUT2D eigenvalue weighted by Crippen LogP contribution is 2.13. The summed E-state index contributed by atoms with van der Waals surface area (Å²) in [5.74, 6) is 0.0302. The van der Waals surface area contributed by atoms with Gasteiger partial charge in [0, 0.05) is 24.6 Å². The molecule has 0 saturated carbocycles. The van der Waals surface area contributed by atoms with Gasteiger partial charge in [-0.2, -0.15) is 10.2 Å². The van der Waals surface area contributed by atoms with Gasteiger partial charge < -0.3 is 0 Å². The quantitative estimate of drug-likeness (QED) is 0.676. The zero-order valence-corrected chi connectivity index (χ0v) is 11.4. The van der Waals surface area contributed by atoms with Gasteiger partial charge in [-0.1, -0.05) is 0 Å². The number of rotatable bonds is 4. The topological polar surface area (TPSA) is 65.1 Å². The summed E-state index contributed by atoms with van der Waals surface area (Å²) in [6.07, 6.45) is 6.95. The molecule has 0 N–H and O–H groups in total. The second kappa shape index (κ2) is 4.88. The van der Waals surface area contributed by atoms with Crippen molar-refractivity contribution >= 4 is 11.3 Å². The lowest BCUT2D eigenvalue weighted by Gasteiger charge is -2.03. The molecule has 20 heavy (non-hydrogen) atoms. The Kier molecular flexibility index (Phi) is 3.06. The van der Waals surface area contributed by atoms with Crippen LogP contribution in [0.1, 0.15) is 28.7 Å². The molecule has 3 heterocycles. The number of hydrogen-bond acceptors (Lipinski definition) is 4. The fourth-order valence-corrected chi connectivity index (χ4v) is 2.32. The molecule has 3 aromatic heterocycles. The standard InChI is InChI=1S/C14H15N5O/c1-3-18-11(6-10(2)17-18)7-14(20)12-8-16-19-5-4-15-9-13(12)19/h4-6,8-9H,3,7H2,1-2H3. The van der Waals surface area contributed by atoms with Gasteiger partial charge in [-0.15, -0.1) is 0 Å². The lowest BCUT2D eigenvalue weighted by atomic mass is 10.1. The van der Waals surface area contributed by atoms with E-state index >= 15 is 0 Å². The third kappa shape index (κ3) is 2.09. The van der Waals surface area contributed by atoms with E-state index in [0.29, 0.717) is 12.0 Å². The molecule has 0 fully saturated rings. The summed E-state index contributed by atoms with van der Waals surface area (Å²) in [4.78, 5) is 16.5. The minimum absolute atomic E-state index is 0.0302. The van der Waals surface area contributed by atoms with Crippen LogP contribution < -0.4 is 0 Å². The summed E-state index contributed by atoms with van der Waals surface area (Å²) < 4.78 is 3.51. The van der Waals surface area contributed by atoms with E-state index in [1.807, 2.05) is 24.6 Å². The van der Waals surface area contributed by atoms with Crippen molar-refractivity contribution in [2.75, 3.05) is 0 Å². The molecular weight excluding hydrogens is 254 g/mol. The highest BCUT2D eigenvalue weighted by molar-refractivity contribution is 6.02. The monoisotopic (exact) mass is 269 g/mol. The molecule has 6 nitrogen and oxygen atoms in total. The Morgan fingerprint density at radius 3 is 3.00 bits per heavy atom. The van der Waals surface area contributed by atoms with Crippen LogP contribution in [0.3, 0.4) is 0 Å². The third-order valence-corrected chi connectivity index (χ3v) is 3.25. The van der Waals surface area contributed by atoms with Crippen molar-refractivity contribution in [3.63, 3.8) is 0 Å². The SMILES string of the molecule is CCn1nc(C)cc1CC(=O)c1cnn2ccncc12. The molecule has 0 spiro atoms. The smallest absolute Gasteiger partial charge is 0.172 e. The molecule has 0 unspecified atom stereocenters. The van der Waals surface area contributed by atoms with Gasteiger partial charge in [0.15, 0.2) is 5.78 Å². The highest BCUT2D eigenvalue weighted by atomic mass is 16.1. The first kappa shape index (κ1) is 12.5. The number of carbonyl (C=O) groups is 1. The largest absolute Gasteiger partial charge is 0.294 e. The number of Topliss-reactive ketones (excluding diaryl/α,β-unsaturated/α-hetero) is 1. The Bertz CT molecular complexity index is 771. The second-order valence-electron chi connectivity index (χ2n) is 4.66. The molecule has 0 amide bonds. The van der Waals surface area contributed by atoms with Gasteiger partial charge >= 0.3 is 0 Å². The van der Waals surface area contributed by atoms with E-state index in [1.54, 1.807) is 29.3 Å². The molecular formula is C14H15N5O. The minimum Gasteiger partial charge on any atom is -0.294 e. The molecule has 0 aromatic carbocycles. The van der Waals surface area contributed by atoms with E-state index in [0.717, 1.165) is 23.4 Å². The number of fused-ring (bicyclic) bond motifs is 1. The number of ketones is 1. The van der Waals surface area contributed by atoms with E-state index in [4.69, 9.17) is 0 Å². The zero-order valence-electron chi connectivity index (χ0n) is 11.4. The molecule has 102 valence electrons. The van der Waals surface area contributed by atoms with Crippen molar-refractivity contribution in [2.24, 2.45) is 0 Å². The first-order chi connectivity index (χ1) is 9.69. The fraction of sp³-hybridized carbons (Fsp3) is 0.286. The minimum atomic E-state index is 0.0302. The van der Waals surface area contributed by atoms with Crippen LogP contribution >= 0.6 is 0 Å². The highest BCUT2D eigenvalue weighted by Gasteiger charge is 2.15. The van der Waals surface area contributed by atoms with Crippen LogP contribution in [-0.4, -0.2) is 30.2 Å².